The van der Waals surface area contributed by atoms with Crippen LogP contribution in [0.15, 0.2) is 21.1 Å². The molecule has 1 aliphatic heterocycles. The third-order valence-corrected chi connectivity index (χ3v) is 4.23. The Balaban J connectivity index is 2.20. The summed E-state index contributed by atoms with van der Waals surface area (Å²) in [5.41, 5.74) is 1.03. The van der Waals surface area contributed by atoms with Gasteiger partial charge in [-0.1, -0.05) is 0 Å². The van der Waals surface area contributed by atoms with Crippen molar-refractivity contribution in [3.05, 3.63) is 21.1 Å². The Labute approximate surface area is 118 Å². The Morgan fingerprint density at radius 3 is 2.71 bits per heavy atom. The van der Waals surface area contributed by atoms with E-state index in [1.165, 1.54) is 0 Å². The maximum absolute atomic E-state index is 5.54. The fourth-order valence-electron chi connectivity index (χ4n) is 1.92. The number of rotatable bonds is 3. The molecule has 1 aromatic rings. The largest absolute Gasteiger partial charge is 0.495 e. The van der Waals surface area contributed by atoms with Crippen LogP contribution in [0, 0.1) is 0 Å². The van der Waals surface area contributed by atoms with Crippen molar-refractivity contribution < 1.29 is 9.47 Å². The highest BCUT2D eigenvalue weighted by atomic mass is 79.9. The van der Waals surface area contributed by atoms with Crippen LogP contribution in [0.25, 0.3) is 0 Å². The maximum atomic E-state index is 5.54. The van der Waals surface area contributed by atoms with Crippen LogP contribution in [-0.4, -0.2) is 25.9 Å². The number of anilines is 1. The van der Waals surface area contributed by atoms with E-state index in [-0.39, 0.29) is 6.10 Å². The van der Waals surface area contributed by atoms with E-state index < -0.39 is 0 Å². The van der Waals surface area contributed by atoms with Gasteiger partial charge in [0, 0.05) is 17.1 Å². The predicted octanol–water partition coefficient (Wildman–Crippen LogP) is 3.81. The van der Waals surface area contributed by atoms with Crippen LogP contribution < -0.4 is 10.1 Å². The molecular formula is C12H15Br2NO2. The van der Waals surface area contributed by atoms with Gasteiger partial charge in [0.2, 0.25) is 0 Å². The lowest BCUT2D eigenvalue weighted by Gasteiger charge is -2.19. The van der Waals surface area contributed by atoms with Crippen molar-refractivity contribution in [2.75, 3.05) is 19.0 Å². The van der Waals surface area contributed by atoms with Crippen LogP contribution >= 0.6 is 31.9 Å². The molecule has 5 heteroatoms. The summed E-state index contributed by atoms with van der Waals surface area (Å²) in [6, 6.07) is 4.33. The van der Waals surface area contributed by atoms with E-state index in [2.05, 4.69) is 44.1 Å². The molecule has 1 heterocycles. The molecule has 0 aromatic heterocycles. The van der Waals surface area contributed by atoms with Gasteiger partial charge in [-0.2, -0.15) is 0 Å². The molecule has 0 radical (unpaired) electrons. The molecule has 2 atom stereocenters. The first kappa shape index (κ1) is 13.2. The fraction of sp³-hybridized carbons (Fsp3) is 0.500. The molecule has 0 amide bonds. The van der Waals surface area contributed by atoms with Crippen molar-refractivity contribution >= 4 is 37.5 Å². The number of nitrogens with one attached hydrogen (secondary N) is 1. The maximum Gasteiger partial charge on any atom is 0.135 e. The van der Waals surface area contributed by atoms with E-state index in [0.29, 0.717) is 6.04 Å². The van der Waals surface area contributed by atoms with Crippen molar-refractivity contribution in [3.8, 4) is 5.75 Å². The van der Waals surface area contributed by atoms with E-state index in [4.69, 9.17) is 9.47 Å². The number of hydrogen-bond acceptors (Lipinski definition) is 3. The van der Waals surface area contributed by atoms with Gasteiger partial charge in [0.05, 0.1) is 29.4 Å². The lowest BCUT2D eigenvalue weighted by atomic mass is 10.1. The first-order valence-electron chi connectivity index (χ1n) is 5.53. The van der Waals surface area contributed by atoms with E-state index >= 15 is 0 Å². The molecular weight excluding hydrogens is 350 g/mol. The third kappa shape index (κ3) is 2.95. The van der Waals surface area contributed by atoms with Gasteiger partial charge in [-0.25, -0.2) is 0 Å². The number of ether oxygens (including phenoxy) is 2. The molecule has 1 fully saturated rings. The van der Waals surface area contributed by atoms with Crippen LogP contribution in [0.2, 0.25) is 0 Å². The van der Waals surface area contributed by atoms with Crippen molar-refractivity contribution in [1.82, 2.24) is 0 Å². The minimum Gasteiger partial charge on any atom is -0.495 e. The van der Waals surface area contributed by atoms with Crippen LogP contribution in [0.3, 0.4) is 0 Å². The minimum absolute atomic E-state index is 0.247. The Kier molecular flexibility index (Phi) is 4.33. The van der Waals surface area contributed by atoms with E-state index in [0.717, 1.165) is 33.4 Å². The van der Waals surface area contributed by atoms with Gasteiger partial charge in [-0.15, -0.1) is 0 Å². The molecule has 1 aliphatic rings. The zero-order valence-electron chi connectivity index (χ0n) is 9.80. The molecule has 0 saturated carbocycles. The first-order valence-corrected chi connectivity index (χ1v) is 7.11. The standard InChI is InChI=1S/C12H15Br2NO2/c1-7-10(3-4-17-7)15-11-6-12(16-2)9(14)5-8(11)13/h5-7,10,15H,3-4H2,1-2H3. The Bertz CT molecular complexity index is 412. The topological polar surface area (TPSA) is 30.5 Å². The quantitative estimate of drug-likeness (QED) is 0.884. The van der Waals surface area contributed by atoms with Crippen LogP contribution in [0.5, 0.6) is 5.75 Å². The molecule has 2 unspecified atom stereocenters. The van der Waals surface area contributed by atoms with Crippen molar-refractivity contribution in [1.29, 1.82) is 0 Å². The van der Waals surface area contributed by atoms with Crippen molar-refractivity contribution in [2.45, 2.75) is 25.5 Å². The number of methoxy groups -OCH3 is 1. The van der Waals surface area contributed by atoms with Crippen LogP contribution in [0.4, 0.5) is 5.69 Å². The molecule has 1 N–H and O–H groups in total. The lowest BCUT2D eigenvalue weighted by molar-refractivity contribution is 0.121. The molecule has 1 aromatic carbocycles. The van der Waals surface area contributed by atoms with Gasteiger partial charge in [-0.05, 0) is 51.3 Å². The number of halogens is 2. The zero-order valence-corrected chi connectivity index (χ0v) is 13.0. The fourth-order valence-corrected chi connectivity index (χ4v) is 3.19. The van der Waals surface area contributed by atoms with Gasteiger partial charge >= 0.3 is 0 Å². The Hall–Kier alpha value is -0.260. The second-order valence-corrected chi connectivity index (χ2v) is 5.79. The summed E-state index contributed by atoms with van der Waals surface area (Å²) in [7, 11) is 1.67. The average Bonchev–Trinajstić information content (AvgIpc) is 2.68. The van der Waals surface area contributed by atoms with Gasteiger partial charge in [0.1, 0.15) is 5.75 Å². The van der Waals surface area contributed by atoms with Gasteiger partial charge < -0.3 is 14.8 Å². The summed E-state index contributed by atoms with van der Waals surface area (Å²) in [5, 5.41) is 3.49. The molecule has 0 bridgehead atoms. The van der Waals surface area contributed by atoms with E-state index in [9.17, 15) is 0 Å². The average molecular weight is 365 g/mol. The molecule has 0 spiro atoms. The second-order valence-electron chi connectivity index (χ2n) is 4.08. The van der Waals surface area contributed by atoms with Gasteiger partial charge in [-0.3, -0.25) is 0 Å². The van der Waals surface area contributed by atoms with Gasteiger partial charge in [0.25, 0.3) is 0 Å². The predicted molar refractivity (Wildman–Crippen MR) is 75.8 cm³/mol. The summed E-state index contributed by atoms with van der Waals surface area (Å²) in [4.78, 5) is 0. The van der Waals surface area contributed by atoms with Crippen LogP contribution in [0.1, 0.15) is 13.3 Å². The highest BCUT2D eigenvalue weighted by Gasteiger charge is 2.24. The summed E-state index contributed by atoms with van der Waals surface area (Å²) < 4.78 is 12.8. The monoisotopic (exact) mass is 363 g/mol. The highest BCUT2D eigenvalue weighted by molar-refractivity contribution is 9.11. The lowest BCUT2D eigenvalue weighted by Crippen LogP contribution is -2.26. The van der Waals surface area contributed by atoms with Crippen molar-refractivity contribution in [3.63, 3.8) is 0 Å². The zero-order chi connectivity index (χ0) is 12.4. The summed E-state index contributed by atoms with van der Waals surface area (Å²) >= 11 is 7.01. The van der Waals surface area contributed by atoms with Crippen molar-refractivity contribution in [2.24, 2.45) is 0 Å². The Morgan fingerprint density at radius 2 is 2.12 bits per heavy atom. The molecule has 0 aliphatic carbocycles. The second kappa shape index (κ2) is 5.59. The molecule has 3 nitrogen and oxygen atoms in total. The smallest absolute Gasteiger partial charge is 0.135 e. The molecule has 17 heavy (non-hydrogen) atoms. The summed E-state index contributed by atoms with van der Waals surface area (Å²) in [6.07, 6.45) is 1.28. The number of benzene rings is 1. The molecule has 1 saturated heterocycles. The van der Waals surface area contributed by atoms with E-state index in [1.807, 2.05) is 12.1 Å². The highest BCUT2D eigenvalue weighted by Crippen LogP contribution is 2.35. The normalized spacial score (nSPS) is 23.8. The summed E-state index contributed by atoms with van der Waals surface area (Å²) in [6.45, 7) is 2.92. The minimum atomic E-state index is 0.247. The Morgan fingerprint density at radius 1 is 1.35 bits per heavy atom. The van der Waals surface area contributed by atoms with Crippen LogP contribution in [-0.2, 0) is 4.74 Å². The first-order chi connectivity index (χ1) is 8.11. The molecule has 2 rings (SSSR count). The SMILES string of the molecule is COc1cc(NC2CCOC2C)c(Br)cc1Br. The van der Waals surface area contributed by atoms with Gasteiger partial charge in [0.15, 0.2) is 0 Å². The number of hydrogen-bond donors (Lipinski definition) is 1. The summed E-state index contributed by atoms with van der Waals surface area (Å²) in [5.74, 6) is 0.822. The molecule has 94 valence electrons. The third-order valence-electron chi connectivity index (χ3n) is 2.96. The van der Waals surface area contributed by atoms with E-state index in [1.54, 1.807) is 7.11 Å².